The SMILES string of the molecule is CCCC1=C(C(=O)OCC)[C@@H](c2c(OC)ccc3ccccc23)n2c(s/c(=C/c3cc(Br)c(Br)o3)c2=O)=N1. The van der Waals surface area contributed by atoms with E-state index in [1.54, 1.807) is 30.7 Å². The van der Waals surface area contributed by atoms with E-state index in [9.17, 15) is 9.59 Å². The summed E-state index contributed by atoms with van der Waals surface area (Å²) >= 11 is 8.02. The summed E-state index contributed by atoms with van der Waals surface area (Å²) in [5.74, 6) is 0.585. The number of methoxy groups -OCH3 is 1. The third kappa shape index (κ3) is 4.69. The fraction of sp³-hybridized carbons (Fsp3) is 0.250. The Balaban J connectivity index is 1.88. The second-order valence-corrected chi connectivity index (χ2v) is 11.2. The summed E-state index contributed by atoms with van der Waals surface area (Å²) in [6.45, 7) is 3.99. The van der Waals surface area contributed by atoms with E-state index in [-0.39, 0.29) is 12.2 Å². The molecule has 4 aromatic rings. The molecule has 0 N–H and O–H groups in total. The van der Waals surface area contributed by atoms with Crippen LogP contribution in [0.25, 0.3) is 16.8 Å². The molecule has 0 unspecified atom stereocenters. The molecular formula is C28H24Br2N2O5S. The van der Waals surface area contributed by atoms with Gasteiger partial charge in [0.2, 0.25) is 0 Å². The smallest absolute Gasteiger partial charge is 0.338 e. The third-order valence-corrected chi connectivity index (χ3v) is 8.95. The van der Waals surface area contributed by atoms with Crippen LogP contribution in [0.2, 0.25) is 0 Å². The fourth-order valence-electron chi connectivity index (χ4n) is 4.69. The number of hydrogen-bond acceptors (Lipinski definition) is 7. The van der Waals surface area contributed by atoms with Crippen LogP contribution in [-0.4, -0.2) is 24.3 Å². The fourth-order valence-corrected chi connectivity index (χ4v) is 6.30. The number of fused-ring (bicyclic) bond motifs is 2. The zero-order valence-corrected chi connectivity index (χ0v) is 24.9. The van der Waals surface area contributed by atoms with Crippen molar-refractivity contribution in [1.82, 2.24) is 4.57 Å². The van der Waals surface area contributed by atoms with Crippen molar-refractivity contribution in [3.05, 3.63) is 93.9 Å². The standard InChI is InChI=1S/C28H24Br2N2O5S/c1-4-8-19-23(27(34)36-5-2)24(22-17-10-7-6-9-15(17)11-12-20(22)35-3)32-26(33)21(38-28(32)31-19)14-16-13-18(29)25(30)37-16/h6-7,9-14,24H,4-5,8H2,1-3H3/b21-14+/t24-/m1/s1. The second kappa shape index (κ2) is 11.0. The number of benzene rings is 2. The Morgan fingerprint density at radius 3 is 2.68 bits per heavy atom. The molecule has 196 valence electrons. The predicted octanol–water partition coefficient (Wildman–Crippen LogP) is 5.86. The lowest BCUT2D eigenvalue weighted by Crippen LogP contribution is -2.40. The summed E-state index contributed by atoms with van der Waals surface area (Å²) in [6, 6.07) is 12.7. The number of allylic oxidation sites excluding steroid dienone is 1. The molecule has 0 fully saturated rings. The van der Waals surface area contributed by atoms with E-state index in [1.807, 2.05) is 43.3 Å². The van der Waals surface area contributed by atoms with Gasteiger partial charge in [-0.3, -0.25) is 9.36 Å². The van der Waals surface area contributed by atoms with Gasteiger partial charge in [0.05, 0.1) is 34.0 Å². The molecule has 2 aromatic carbocycles. The first kappa shape index (κ1) is 26.6. The summed E-state index contributed by atoms with van der Waals surface area (Å²) in [5, 5.41) is 1.85. The number of rotatable bonds is 7. The quantitative estimate of drug-likeness (QED) is 0.232. The second-order valence-electron chi connectivity index (χ2n) is 8.59. The average Bonchev–Trinajstić information content (AvgIpc) is 3.39. The van der Waals surface area contributed by atoms with Gasteiger partial charge in [-0.2, -0.15) is 0 Å². The number of ether oxygens (including phenoxy) is 2. The average molecular weight is 660 g/mol. The minimum Gasteiger partial charge on any atom is -0.496 e. The van der Waals surface area contributed by atoms with Gasteiger partial charge in [-0.1, -0.05) is 55.0 Å². The first-order valence-corrected chi connectivity index (χ1v) is 14.5. The first-order valence-electron chi connectivity index (χ1n) is 12.1. The van der Waals surface area contributed by atoms with Crippen molar-refractivity contribution >= 4 is 66.0 Å². The van der Waals surface area contributed by atoms with Crippen molar-refractivity contribution < 1.29 is 18.7 Å². The number of carbonyl (C=O) groups is 1. The van der Waals surface area contributed by atoms with E-state index >= 15 is 0 Å². The van der Waals surface area contributed by atoms with Crippen LogP contribution in [0.3, 0.4) is 0 Å². The summed E-state index contributed by atoms with van der Waals surface area (Å²) < 4.78 is 20.3. The number of thiazole rings is 1. The molecule has 0 bridgehead atoms. The molecule has 10 heteroatoms. The van der Waals surface area contributed by atoms with E-state index < -0.39 is 12.0 Å². The molecule has 38 heavy (non-hydrogen) atoms. The number of furan rings is 1. The Kier molecular flexibility index (Phi) is 7.74. The molecule has 0 spiro atoms. The predicted molar refractivity (Wildman–Crippen MR) is 154 cm³/mol. The Morgan fingerprint density at radius 2 is 2.00 bits per heavy atom. The molecule has 0 amide bonds. The lowest BCUT2D eigenvalue weighted by Gasteiger charge is -2.28. The summed E-state index contributed by atoms with van der Waals surface area (Å²) in [6.07, 6.45) is 3.01. The van der Waals surface area contributed by atoms with Crippen LogP contribution in [0, 0.1) is 0 Å². The van der Waals surface area contributed by atoms with Crippen LogP contribution in [0.1, 0.15) is 44.1 Å². The maximum Gasteiger partial charge on any atom is 0.338 e. The van der Waals surface area contributed by atoms with Crippen LogP contribution in [-0.2, 0) is 9.53 Å². The molecule has 1 atom stereocenters. The summed E-state index contributed by atoms with van der Waals surface area (Å²) in [7, 11) is 1.59. The minimum atomic E-state index is -0.787. The molecule has 5 rings (SSSR count). The number of halogens is 2. The Bertz CT molecular complexity index is 1750. The van der Waals surface area contributed by atoms with Crippen LogP contribution in [0.4, 0.5) is 0 Å². The van der Waals surface area contributed by atoms with Crippen LogP contribution in [0.15, 0.2) is 77.1 Å². The van der Waals surface area contributed by atoms with Crippen LogP contribution >= 0.6 is 43.2 Å². The molecule has 1 aliphatic rings. The third-order valence-electron chi connectivity index (χ3n) is 6.25. The Labute approximate surface area is 239 Å². The van der Waals surface area contributed by atoms with Crippen molar-refractivity contribution in [3.8, 4) is 5.75 Å². The van der Waals surface area contributed by atoms with Crippen molar-refractivity contribution in [2.75, 3.05) is 13.7 Å². The summed E-state index contributed by atoms with van der Waals surface area (Å²) in [4.78, 5) is 32.9. The molecule has 0 radical (unpaired) electrons. The van der Waals surface area contributed by atoms with Gasteiger partial charge in [0, 0.05) is 11.6 Å². The molecule has 3 heterocycles. The number of nitrogens with zero attached hydrogens (tertiary/aromatic N) is 2. The van der Waals surface area contributed by atoms with Gasteiger partial charge in [0.15, 0.2) is 9.47 Å². The zero-order valence-electron chi connectivity index (χ0n) is 20.9. The van der Waals surface area contributed by atoms with Gasteiger partial charge < -0.3 is 13.9 Å². The van der Waals surface area contributed by atoms with E-state index in [0.717, 1.165) is 21.7 Å². The monoisotopic (exact) mass is 658 g/mol. The molecule has 1 aliphatic heterocycles. The normalized spacial score (nSPS) is 15.5. The highest BCUT2D eigenvalue weighted by atomic mass is 79.9. The van der Waals surface area contributed by atoms with Crippen LogP contribution < -0.4 is 19.6 Å². The van der Waals surface area contributed by atoms with Gasteiger partial charge in [-0.05, 0) is 68.1 Å². The lowest BCUT2D eigenvalue weighted by atomic mass is 9.90. The van der Waals surface area contributed by atoms with E-state index in [4.69, 9.17) is 18.9 Å². The Morgan fingerprint density at radius 1 is 1.21 bits per heavy atom. The molecule has 0 aliphatic carbocycles. The van der Waals surface area contributed by atoms with E-state index in [0.29, 0.717) is 48.8 Å². The van der Waals surface area contributed by atoms with Gasteiger partial charge >= 0.3 is 5.97 Å². The maximum absolute atomic E-state index is 14.0. The lowest BCUT2D eigenvalue weighted by molar-refractivity contribution is -0.139. The molecule has 0 saturated carbocycles. The van der Waals surface area contributed by atoms with Gasteiger partial charge in [-0.15, -0.1) is 0 Å². The molecular weight excluding hydrogens is 636 g/mol. The maximum atomic E-state index is 14.0. The van der Waals surface area contributed by atoms with Crippen LogP contribution in [0.5, 0.6) is 5.75 Å². The van der Waals surface area contributed by atoms with Gasteiger partial charge in [0.25, 0.3) is 5.56 Å². The van der Waals surface area contributed by atoms with Crippen molar-refractivity contribution in [1.29, 1.82) is 0 Å². The highest BCUT2D eigenvalue weighted by Gasteiger charge is 2.37. The first-order chi connectivity index (χ1) is 18.4. The van der Waals surface area contributed by atoms with Crippen molar-refractivity contribution in [2.24, 2.45) is 4.99 Å². The number of hydrogen-bond donors (Lipinski definition) is 0. The molecule has 0 saturated heterocycles. The summed E-state index contributed by atoms with van der Waals surface area (Å²) in [5.41, 5.74) is 1.40. The van der Waals surface area contributed by atoms with E-state index in [1.165, 1.54) is 11.3 Å². The van der Waals surface area contributed by atoms with Gasteiger partial charge in [-0.25, -0.2) is 9.79 Å². The molecule has 7 nitrogen and oxygen atoms in total. The molecule has 2 aromatic heterocycles. The largest absolute Gasteiger partial charge is 0.496 e. The highest BCUT2D eigenvalue weighted by Crippen LogP contribution is 2.41. The topological polar surface area (TPSA) is 83.0 Å². The number of carbonyl (C=O) groups excluding carboxylic acids is 1. The number of esters is 1. The minimum absolute atomic E-state index is 0.202. The van der Waals surface area contributed by atoms with Crippen molar-refractivity contribution in [3.63, 3.8) is 0 Å². The van der Waals surface area contributed by atoms with Crippen molar-refractivity contribution in [2.45, 2.75) is 32.7 Å². The number of aromatic nitrogens is 1. The zero-order chi connectivity index (χ0) is 27.0. The van der Waals surface area contributed by atoms with E-state index in [2.05, 4.69) is 31.9 Å². The highest BCUT2D eigenvalue weighted by molar-refractivity contribution is 9.13. The van der Waals surface area contributed by atoms with Gasteiger partial charge in [0.1, 0.15) is 17.6 Å². The Hall–Kier alpha value is -2.95.